The Balaban J connectivity index is 0.904. The van der Waals surface area contributed by atoms with Gasteiger partial charge in [-0.25, -0.2) is 13.4 Å². The fourth-order valence-corrected chi connectivity index (χ4v) is 11.2. The number of amides is 1. The molecule has 3 atom stereocenters. The van der Waals surface area contributed by atoms with Gasteiger partial charge in [0.2, 0.25) is 15.9 Å². The second-order valence-corrected chi connectivity index (χ2v) is 20.0. The quantitative estimate of drug-likeness (QED) is 0.122. The maximum Gasteiger partial charge on any atom is 0.240 e. The van der Waals surface area contributed by atoms with Crippen LogP contribution in [0.4, 0.5) is 11.5 Å². The van der Waals surface area contributed by atoms with Crippen molar-refractivity contribution in [2.75, 3.05) is 31.5 Å². The van der Waals surface area contributed by atoms with Gasteiger partial charge in [-0.15, -0.1) is 0 Å². The van der Waals surface area contributed by atoms with Crippen LogP contribution >= 0.6 is 11.6 Å². The molecule has 2 aliphatic carbocycles. The Bertz CT molecular complexity index is 2920. The Morgan fingerprint density at radius 2 is 1.82 bits per heavy atom. The molecule has 2 aliphatic heterocycles. The number of carbonyl (C=O) groups is 1. The average Bonchev–Trinajstić information content (AvgIpc) is 3.70. The second-order valence-electron chi connectivity index (χ2n) is 17.4. The third kappa shape index (κ3) is 7.14. The predicted molar refractivity (Wildman–Crippen MR) is 236 cm³/mol. The maximum absolute atomic E-state index is 13.1. The Labute approximate surface area is 359 Å². The highest BCUT2D eigenvalue weighted by atomic mass is 35.5. The van der Waals surface area contributed by atoms with Crippen molar-refractivity contribution >= 4 is 60.9 Å². The normalized spacial score (nSPS) is 21.2. The summed E-state index contributed by atoms with van der Waals surface area (Å²) in [6.45, 7) is 7.14. The van der Waals surface area contributed by atoms with Gasteiger partial charge >= 0.3 is 0 Å². The molecule has 0 radical (unpaired) electrons. The van der Waals surface area contributed by atoms with E-state index >= 15 is 0 Å². The van der Waals surface area contributed by atoms with E-state index in [1.807, 2.05) is 61.7 Å². The summed E-state index contributed by atoms with van der Waals surface area (Å²) in [5.41, 5.74) is 9.21. The number of fused-ring (bicyclic) bond motifs is 3. The summed E-state index contributed by atoms with van der Waals surface area (Å²) < 4.78 is 33.6. The molecule has 0 spiro atoms. The van der Waals surface area contributed by atoms with E-state index in [9.17, 15) is 23.6 Å². The first-order chi connectivity index (χ1) is 29.4. The zero-order valence-corrected chi connectivity index (χ0v) is 35.6. The number of nitrogens with one attached hydrogen (secondary N) is 2. The molecule has 3 fully saturated rings. The zero-order valence-electron chi connectivity index (χ0n) is 34.0. The van der Waals surface area contributed by atoms with Gasteiger partial charge in [0.25, 0.3) is 0 Å². The van der Waals surface area contributed by atoms with Crippen molar-refractivity contribution in [1.82, 2.24) is 24.5 Å². The lowest BCUT2D eigenvalue weighted by atomic mass is 9.96. The number of benzene rings is 3. The number of pyridine rings is 2. The van der Waals surface area contributed by atoms with Crippen molar-refractivity contribution in [3.8, 4) is 28.5 Å². The molecule has 12 nitrogen and oxygen atoms in total. The molecule has 4 aliphatic rings. The number of aromatic nitrogens is 2. The first-order valence-corrected chi connectivity index (χ1v) is 22.9. The van der Waals surface area contributed by atoms with Crippen LogP contribution in [0.3, 0.4) is 0 Å². The van der Waals surface area contributed by atoms with Crippen LogP contribution in [0.2, 0.25) is 5.02 Å². The lowest BCUT2D eigenvalue weighted by Crippen LogP contribution is -2.42. The van der Waals surface area contributed by atoms with Gasteiger partial charge in [-0.2, -0.15) is 5.26 Å². The minimum Gasteiger partial charge on any atom is -0.455 e. The van der Waals surface area contributed by atoms with Gasteiger partial charge in [0.15, 0.2) is 11.4 Å². The van der Waals surface area contributed by atoms with Gasteiger partial charge in [-0.3, -0.25) is 24.3 Å². The standard InChI is InChI=1S/C47H46ClN7O5S/c1-27-33(5-4-8-39(27)52-45-43-29(11-16-50-45)19-28(23-51-43)24-54-17-13-32(56)26-54)35-6-3-7-36(42(35)48)41-21-31-20-37-34(38(22-49)44(31)60-41)9-10-40(37)55-18-12-30(25-55)46(57)53-61(58,59)47(2)14-15-47/h3-8,11,16,19-21,23,30,32,40,56H,9-10,12-15,17-18,24-26H2,1-2H3,(H,50,52)(H,53,57)/t30-,32-,40-/m1/s1. The van der Waals surface area contributed by atoms with Crippen molar-refractivity contribution < 1.29 is 22.7 Å². The summed E-state index contributed by atoms with van der Waals surface area (Å²) in [5, 5.41) is 26.3. The molecule has 0 unspecified atom stereocenters. The molecular weight excluding hydrogens is 810 g/mol. The summed E-state index contributed by atoms with van der Waals surface area (Å²) in [4.78, 5) is 27.1. The number of sulfonamides is 1. The number of carbonyl (C=O) groups excluding carboxylic acids is 1. The highest BCUT2D eigenvalue weighted by Gasteiger charge is 2.51. The lowest BCUT2D eigenvalue weighted by Gasteiger charge is -2.25. The van der Waals surface area contributed by atoms with Crippen LogP contribution in [-0.4, -0.2) is 76.2 Å². The van der Waals surface area contributed by atoms with Gasteiger partial charge < -0.3 is 14.8 Å². The Kier molecular flexibility index (Phi) is 9.92. The van der Waals surface area contributed by atoms with Crippen molar-refractivity contribution in [3.05, 3.63) is 106 Å². The van der Waals surface area contributed by atoms with E-state index in [1.165, 1.54) is 0 Å². The van der Waals surface area contributed by atoms with Crippen molar-refractivity contribution in [2.24, 2.45) is 5.92 Å². The van der Waals surface area contributed by atoms with Crippen LogP contribution in [0.15, 0.2) is 77.5 Å². The molecule has 3 N–H and O–H groups in total. The van der Waals surface area contributed by atoms with E-state index in [-0.39, 0.29) is 12.1 Å². The zero-order chi connectivity index (χ0) is 42.2. The van der Waals surface area contributed by atoms with Crippen LogP contribution in [0.25, 0.3) is 44.3 Å². The molecule has 312 valence electrons. The molecule has 14 heteroatoms. The number of furan rings is 1. The Morgan fingerprint density at radius 3 is 2.61 bits per heavy atom. The maximum atomic E-state index is 13.1. The monoisotopic (exact) mass is 855 g/mol. The molecule has 0 bridgehead atoms. The molecule has 10 rings (SSSR count). The van der Waals surface area contributed by atoms with Gasteiger partial charge in [0.05, 0.1) is 27.4 Å². The molecule has 3 aromatic heterocycles. The van der Waals surface area contributed by atoms with Gasteiger partial charge in [0, 0.05) is 72.2 Å². The van der Waals surface area contributed by atoms with E-state index in [0.717, 1.165) is 81.3 Å². The third-order valence-electron chi connectivity index (χ3n) is 13.4. The highest BCUT2D eigenvalue weighted by Crippen LogP contribution is 2.46. The van der Waals surface area contributed by atoms with E-state index in [4.69, 9.17) is 21.0 Å². The number of likely N-dealkylation sites (tertiary alicyclic amines) is 2. The highest BCUT2D eigenvalue weighted by molar-refractivity contribution is 7.91. The molecule has 6 aromatic rings. The van der Waals surface area contributed by atoms with Crippen molar-refractivity contribution in [3.63, 3.8) is 0 Å². The molecular formula is C47H46ClN7O5S. The number of nitrogens with zero attached hydrogens (tertiary/aromatic N) is 5. The molecule has 1 saturated carbocycles. The van der Waals surface area contributed by atoms with Gasteiger partial charge in [0.1, 0.15) is 17.3 Å². The minimum absolute atomic E-state index is 0.00364. The van der Waals surface area contributed by atoms with Gasteiger partial charge in [-0.05, 0) is 123 Å². The number of rotatable bonds is 10. The summed E-state index contributed by atoms with van der Waals surface area (Å²) in [6, 6.07) is 22.5. The summed E-state index contributed by atoms with van der Waals surface area (Å²) >= 11 is 7.28. The van der Waals surface area contributed by atoms with Crippen LogP contribution in [0, 0.1) is 24.2 Å². The number of anilines is 2. The first-order valence-electron chi connectivity index (χ1n) is 21.0. The molecule has 5 heterocycles. The summed E-state index contributed by atoms with van der Waals surface area (Å²) in [6.07, 6.45) is 7.40. The Morgan fingerprint density at radius 1 is 1.02 bits per heavy atom. The number of aliphatic hydroxyl groups is 1. The van der Waals surface area contributed by atoms with E-state index < -0.39 is 26.6 Å². The fraction of sp³-hybridized carbons (Fsp3) is 0.362. The third-order valence-corrected chi connectivity index (χ3v) is 16.0. The van der Waals surface area contributed by atoms with Crippen LogP contribution in [0.1, 0.15) is 72.9 Å². The molecule has 3 aromatic carbocycles. The smallest absolute Gasteiger partial charge is 0.240 e. The summed E-state index contributed by atoms with van der Waals surface area (Å²) in [5.74, 6) is 0.357. The van der Waals surface area contributed by atoms with Crippen LogP contribution in [0.5, 0.6) is 0 Å². The molecule has 61 heavy (non-hydrogen) atoms. The number of aliphatic hydroxyl groups excluding tert-OH is 1. The first kappa shape index (κ1) is 39.8. The lowest BCUT2D eigenvalue weighted by molar-refractivity contribution is -0.122. The van der Waals surface area contributed by atoms with Crippen molar-refractivity contribution in [2.45, 2.75) is 75.8 Å². The largest absolute Gasteiger partial charge is 0.455 e. The topological polar surface area (TPSA) is 165 Å². The van der Waals surface area contributed by atoms with E-state index in [1.54, 1.807) is 13.1 Å². The van der Waals surface area contributed by atoms with E-state index in [2.05, 4.69) is 43.0 Å². The Hall–Kier alpha value is -5.36. The number of nitriles is 1. The second kappa shape index (κ2) is 15.2. The average molecular weight is 856 g/mol. The van der Waals surface area contributed by atoms with Crippen LogP contribution < -0.4 is 10.0 Å². The van der Waals surface area contributed by atoms with E-state index in [0.29, 0.717) is 78.6 Å². The minimum atomic E-state index is -3.70. The number of β-amino-alcohol motifs (C(OH)–C–C–N with tert-alkyl or cyclic N) is 1. The fourth-order valence-electron chi connectivity index (χ4n) is 9.56. The number of hydrogen-bond acceptors (Lipinski definition) is 11. The summed E-state index contributed by atoms with van der Waals surface area (Å²) in [7, 11) is -3.70. The van der Waals surface area contributed by atoms with Crippen molar-refractivity contribution in [1.29, 1.82) is 5.26 Å². The number of halogens is 1. The van der Waals surface area contributed by atoms with Gasteiger partial charge in [-0.1, -0.05) is 35.9 Å². The van der Waals surface area contributed by atoms with Crippen LogP contribution in [-0.2, 0) is 27.8 Å². The molecule has 2 saturated heterocycles. The number of hydrogen-bond donors (Lipinski definition) is 3. The predicted octanol–water partition coefficient (Wildman–Crippen LogP) is 8.16. The molecule has 1 amide bonds. The SMILES string of the molecule is Cc1c(Nc2nccc3cc(CN4CC[C@@H](O)C4)cnc23)cccc1-c1cccc(-c2cc3cc4c(c(C#N)c3o2)CC[C@H]4N2CC[C@@H](C(=O)NS(=O)(=O)C3(C)CC3)C2)c1Cl.